The molecule has 0 aliphatic rings. The Morgan fingerprint density at radius 2 is 1.02 bits per heavy atom. The summed E-state index contributed by atoms with van der Waals surface area (Å²) in [6, 6.07) is 53.5. The molecule has 10 aromatic rings. The Kier molecular flexibility index (Phi) is 5.66. The molecule has 3 heterocycles. The third kappa shape index (κ3) is 3.82. The van der Waals surface area contributed by atoms with Crippen molar-refractivity contribution in [2.24, 2.45) is 0 Å². The topological polar surface area (TPSA) is 52.7 Å². The maximum Gasteiger partial charge on any atom is 0.263 e. The van der Waals surface area contributed by atoms with Crippen molar-refractivity contribution in [2.45, 2.75) is 0 Å². The van der Waals surface area contributed by atoms with Crippen LogP contribution < -0.4 is 5.56 Å². The van der Waals surface area contributed by atoms with Crippen LogP contribution in [0.15, 0.2) is 163 Å². The predicted molar refractivity (Wildman–Crippen MR) is 197 cm³/mol. The Morgan fingerprint density at radius 3 is 1.79 bits per heavy atom. The van der Waals surface area contributed by atoms with Crippen LogP contribution in [-0.2, 0) is 0 Å². The van der Waals surface area contributed by atoms with Crippen LogP contribution in [0.4, 0.5) is 0 Å². The first kappa shape index (κ1) is 26.6. The van der Waals surface area contributed by atoms with Gasteiger partial charge in [0.2, 0.25) is 5.95 Å². The Hall–Kier alpha value is -6.59. The number of hydrogen-bond donors (Lipinski definition) is 0. The molecule has 0 bridgehead atoms. The SMILES string of the molecule is O=c1c2cc3ccccc3cc2c2ccc3c4ccccc4n(-c4nc(-c5ccccc5)c5ccccc5n4)c3c2n1-c1ccccc1. The number of nitrogens with zero attached hydrogens (tertiary/aromatic N) is 4. The minimum atomic E-state index is -0.0665. The van der Waals surface area contributed by atoms with Crippen LogP contribution in [0.25, 0.3) is 88.0 Å². The molecular formula is C43H26N4O. The Morgan fingerprint density at radius 1 is 0.438 bits per heavy atom. The van der Waals surface area contributed by atoms with Crippen molar-refractivity contribution in [2.75, 3.05) is 0 Å². The van der Waals surface area contributed by atoms with E-state index in [-0.39, 0.29) is 5.56 Å². The summed E-state index contributed by atoms with van der Waals surface area (Å²) < 4.78 is 4.03. The molecule has 224 valence electrons. The predicted octanol–water partition coefficient (Wildman–Crippen LogP) is 10.0. The highest BCUT2D eigenvalue weighted by Crippen LogP contribution is 2.39. The summed E-state index contributed by atoms with van der Waals surface area (Å²) in [6.07, 6.45) is 0. The lowest BCUT2D eigenvalue weighted by molar-refractivity contribution is 1.00. The first-order chi connectivity index (χ1) is 23.7. The van der Waals surface area contributed by atoms with Crippen LogP contribution in [0.2, 0.25) is 0 Å². The number of pyridine rings is 1. The number of hydrogen-bond acceptors (Lipinski definition) is 3. The lowest BCUT2D eigenvalue weighted by atomic mass is 9.99. The van der Waals surface area contributed by atoms with Gasteiger partial charge in [0.1, 0.15) is 0 Å². The number of fused-ring (bicyclic) bond motifs is 9. The van der Waals surface area contributed by atoms with Crippen LogP contribution in [0.5, 0.6) is 0 Å². The van der Waals surface area contributed by atoms with E-state index in [0.717, 1.165) is 76.7 Å². The molecule has 0 N–H and O–H groups in total. The van der Waals surface area contributed by atoms with E-state index in [0.29, 0.717) is 11.3 Å². The summed E-state index contributed by atoms with van der Waals surface area (Å²) in [4.78, 5) is 25.3. The van der Waals surface area contributed by atoms with Crippen molar-refractivity contribution in [1.29, 1.82) is 0 Å². The number of para-hydroxylation sites is 3. The van der Waals surface area contributed by atoms with Crippen LogP contribution in [0.3, 0.4) is 0 Å². The minimum Gasteiger partial charge on any atom is -0.276 e. The summed E-state index contributed by atoms with van der Waals surface area (Å²) in [7, 11) is 0. The summed E-state index contributed by atoms with van der Waals surface area (Å²) in [5.74, 6) is 0.553. The van der Waals surface area contributed by atoms with Gasteiger partial charge in [-0.2, -0.15) is 0 Å². The summed E-state index contributed by atoms with van der Waals surface area (Å²) in [6.45, 7) is 0. The van der Waals surface area contributed by atoms with E-state index in [1.807, 2.05) is 95.6 Å². The van der Waals surface area contributed by atoms with Gasteiger partial charge in [-0.3, -0.25) is 13.9 Å². The maximum absolute atomic E-state index is 14.8. The maximum atomic E-state index is 14.8. The van der Waals surface area contributed by atoms with Gasteiger partial charge in [-0.05, 0) is 52.6 Å². The summed E-state index contributed by atoms with van der Waals surface area (Å²) in [5, 5.41) is 7.79. The fourth-order valence-electron chi connectivity index (χ4n) is 7.36. The van der Waals surface area contributed by atoms with Crippen molar-refractivity contribution >= 4 is 65.2 Å². The van der Waals surface area contributed by atoms with Crippen LogP contribution in [-0.4, -0.2) is 19.1 Å². The molecule has 3 aromatic heterocycles. The van der Waals surface area contributed by atoms with Crippen LogP contribution in [0, 0.1) is 0 Å². The highest BCUT2D eigenvalue weighted by Gasteiger charge is 2.23. The Labute approximate surface area is 274 Å². The van der Waals surface area contributed by atoms with E-state index >= 15 is 0 Å². The van der Waals surface area contributed by atoms with Crippen molar-refractivity contribution in [1.82, 2.24) is 19.1 Å². The molecule has 0 unspecified atom stereocenters. The van der Waals surface area contributed by atoms with Gasteiger partial charge < -0.3 is 0 Å². The third-order valence-corrected chi connectivity index (χ3v) is 9.50. The fraction of sp³-hybridized carbons (Fsp3) is 0. The van der Waals surface area contributed by atoms with Gasteiger partial charge in [0.15, 0.2) is 0 Å². The van der Waals surface area contributed by atoms with Gasteiger partial charge >= 0.3 is 0 Å². The zero-order valence-corrected chi connectivity index (χ0v) is 25.7. The largest absolute Gasteiger partial charge is 0.276 e. The first-order valence-corrected chi connectivity index (χ1v) is 16.1. The molecule has 48 heavy (non-hydrogen) atoms. The zero-order valence-electron chi connectivity index (χ0n) is 25.7. The number of rotatable bonds is 3. The smallest absolute Gasteiger partial charge is 0.263 e. The molecule has 0 amide bonds. The van der Waals surface area contributed by atoms with E-state index in [4.69, 9.17) is 9.97 Å². The van der Waals surface area contributed by atoms with Gasteiger partial charge in [0, 0.05) is 38.2 Å². The molecule has 0 fully saturated rings. The summed E-state index contributed by atoms with van der Waals surface area (Å²) >= 11 is 0. The molecule has 7 aromatic carbocycles. The number of aromatic nitrogens is 4. The second-order valence-corrected chi connectivity index (χ2v) is 12.2. The van der Waals surface area contributed by atoms with Crippen LogP contribution in [0.1, 0.15) is 0 Å². The molecule has 0 radical (unpaired) electrons. The number of benzene rings is 7. The molecule has 10 rings (SSSR count). The third-order valence-electron chi connectivity index (χ3n) is 9.50. The van der Waals surface area contributed by atoms with Crippen LogP contribution >= 0.6 is 0 Å². The quantitative estimate of drug-likeness (QED) is 0.147. The van der Waals surface area contributed by atoms with E-state index in [2.05, 4.69) is 71.3 Å². The van der Waals surface area contributed by atoms with Gasteiger partial charge in [-0.1, -0.05) is 121 Å². The highest BCUT2D eigenvalue weighted by molar-refractivity contribution is 6.23. The lowest BCUT2D eigenvalue weighted by Gasteiger charge is -2.17. The monoisotopic (exact) mass is 614 g/mol. The fourth-order valence-corrected chi connectivity index (χ4v) is 7.36. The Bertz CT molecular complexity index is 2960. The molecule has 0 aliphatic heterocycles. The second-order valence-electron chi connectivity index (χ2n) is 12.2. The van der Waals surface area contributed by atoms with Gasteiger partial charge in [-0.15, -0.1) is 0 Å². The normalized spacial score (nSPS) is 11.8. The van der Waals surface area contributed by atoms with Crippen molar-refractivity contribution in [3.63, 3.8) is 0 Å². The second kappa shape index (κ2) is 10.2. The van der Waals surface area contributed by atoms with Gasteiger partial charge in [-0.25, -0.2) is 9.97 Å². The van der Waals surface area contributed by atoms with Crippen molar-refractivity contribution < 1.29 is 0 Å². The highest BCUT2D eigenvalue weighted by atomic mass is 16.1. The van der Waals surface area contributed by atoms with E-state index in [9.17, 15) is 4.79 Å². The molecule has 0 saturated heterocycles. The molecule has 0 atom stereocenters. The summed E-state index contributed by atoms with van der Waals surface area (Å²) in [5.41, 5.74) is 6.14. The molecule has 5 heteroatoms. The van der Waals surface area contributed by atoms with Gasteiger partial charge in [0.25, 0.3) is 5.56 Å². The molecule has 0 saturated carbocycles. The van der Waals surface area contributed by atoms with Gasteiger partial charge in [0.05, 0.1) is 27.8 Å². The zero-order chi connectivity index (χ0) is 31.8. The average Bonchev–Trinajstić information content (AvgIpc) is 3.49. The van der Waals surface area contributed by atoms with E-state index < -0.39 is 0 Å². The van der Waals surface area contributed by atoms with E-state index in [1.54, 1.807) is 0 Å². The van der Waals surface area contributed by atoms with E-state index in [1.165, 1.54) is 0 Å². The standard InChI is InChI=1S/C43H26N4O/c48-42-36-26-29-16-8-7-15-28(29)25-35(36)33-24-23-32-31-19-10-12-22-38(31)47(41(32)40(33)46(42)30-17-5-2-6-18-30)43-44-37-21-11-9-20-34(37)39(45-43)27-13-3-1-4-14-27/h1-26H. The van der Waals surface area contributed by atoms with Crippen molar-refractivity contribution in [3.05, 3.63) is 168 Å². The molecule has 0 aliphatic carbocycles. The molecule has 0 spiro atoms. The lowest BCUT2D eigenvalue weighted by Crippen LogP contribution is -2.20. The minimum absolute atomic E-state index is 0.0665. The average molecular weight is 615 g/mol. The first-order valence-electron chi connectivity index (χ1n) is 16.1. The Balaban J connectivity index is 1.45. The van der Waals surface area contributed by atoms with Crippen molar-refractivity contribution in [3.8, 4) is 22.9 Å². The molecular weight excluding hydrogens is 589 g/mol. The molecule has 5 nitrogen and oxygen atoms in total.